The van der Waals surface area contributed by atoms with E-state index in [-0.39, 0.29) is 20.1 Å². The maximum atomic E-state index is 6.19. The number of nitrogens with zero attached hydrogens (tertiary/aromatic N) is 2. The molecule has 6 aromatic carbocycles. The van der Waals surface area contributed by atoms with E-state index in [9.17, 15) is 0 Å². The van der Waals surface area contributed by atoms with Crippen LogP contribution in [-0.4, -0.2) is 51.0 Å². The standard InChI is InChI=1S/C18H33P.C15H10.2C13H18N.C12H16O.C10H12O.4ClH.2Ru/c1-4-10-16(11-5-1)19(17-12-6-2-7-13-17)18-14-8-3-9-15-18;1-2-6-12(7-3-1)15-11-10-13-8-4-5-9-14(13)15;2*1-10-8-11(2)13(12(3)9-10)14-6-4-5-7-14;1-4-7-11-8-5-6-9-12(11)13-10(2)3;1-8(2)11-10-7-5-4-6-9(10)3;;;;;;/h16-18H,1-15H2;1-9,11H;2*6,8-9H,4-5,7H2,1-3H3;4-10H,1-3H3;3-8H,1-2H3;4*1H;;/q;;2*-1;;;;;;;2*+2/p-3. The van der Waals surface area contributed by atoms with Crippen molar-refractivity contribution in [3.8, 4) is 11.5 Å². The van der Waals surface area contributed by atoms with Crippen molar-refractivity contribution in [2.24, 2.45) is 0 Å². The summed E-state index contributed by atoms with van der Waals surface area (Å²) in [6.07, 6.45) is 35.5. The molecule has 0 atom stereocenters. The fraction of sp³-hybridized carbons (Fsp3) is 0.457. The van der Waals surface area contributed by atoms with E-state index in [4.69, 9.17) is 48.2 Å². The third kappa shape index (κ3) is 24.0. The van der Waals surface area contributed by atoms with Gasteiger partial charge in [0.05, 0.1) is 23.1 Å². The van der Waals surface area contributed by atoms with E-state index >= 15 is 0 Å². The number of benzene rings is 6. The van der Waals surface area contributed by atoms with Gasteiger partial charge in [-0.25, -0.2) is 13.1 Å². The topological polar surface area (TPSA) is 24.9 Å². The van der Waals surface area contributed by atoms with Crippen LogP contribution in [0.4, 0.5) is 11.4 Å². The molecule has 0 spiro atoms. The molecule has 4 nitrogen and oxygen atoms in total. The second-order valence-electron chi connectivity index (χ2n) is 26.2. The Balaban J connectivity index is 0.000000158. The van der Waals surface area contributed by atoms with Crippen molar-refractivity contribution in [1.82, 2.24) is 0 Å². The number of anilines is 2. The van der Waals surface area contributed by atoms with Gasteiger partial charge in [-0.1, -0.05) is 97.8 Å². The van der Waals surface area contributed by atoms with Crippen molar-refractivity contribution < 1.29 is 36.5 Å². The molecule has 2 heterocycles. The summed E-state index contributed by atoms with van der Waals surface area (Å²) in [5.74, 6) is 1.80. The van der Waals surface area contributed by atoms with Crippen molar-refractivity contribution in [2.75, 3.05) is 22.9 Å². The number of allylic oxidation sites excluding steroid dienone is 2. The molecule has 92 heavy (non-hydrogen) atoms. The predicted molar refractivity (Wildman–Crippen MR) is 404 cm³/mol. The van der Waals surface area contributed by atoms with Crippen molar-refractivity contribution in [3.05, 3.63) is 214 Å². The molecule has 4 aliphatic carbocycles. The average Bonchev–Trinajstić information content (AvgIpc) is 1.89. The minimum absolute atomic E-state index is 0.0465. The number of hydrogen-bond donors (Lipinski definition) is 0. The molecule has 0 radical (unpaired) electrons. The van der Waals surface area contributed by atoms with Crippen molar-refractivity contribution in [1.29, 1.82) is 0 Å². The Bertz CT molecular complexity index is 3160. The summed E-state index contributed by atoms with van der Waals surface area (Å²) in [6.45, 7) is 30.2. The molecule has 11 heteroatoms. The summed E-state index contributed by atoms with van der Waals surface area (Å²) in [6, 6.07) is 43.6. The van der Waals surface area contributed by atoms with Crippen molar-refractivity contribution in [3.63, 3.8) is 0 Å². The summed E-state index contributed by atoms with van der Waals surface area (Å²) < 4.78 is 14.3. The Kier molecular flexibility index (Phi) is 33.3. The molecule has 6 aromatic rings. The van der Waals surface area contributed by atoms with Crippen LogP contribution in [0.5, 0.6) is 11.5 Å². The van der Waals surface area contributed by atoms with Gasteiger partial charge in [-0.15, -0.1) is 0 Å². The maximum absolute atomic E-state index is 6.19. The predicted octanol–water partition coefficient (Wildman–Crippen LogP) is 24.6. The molecule has 0 bridgehead atoms. The van der Waals surface area contributed by atoms with Crippen LogP contribution in [-0.2, 0) is 27.0 Å². The molecule has 2 saturated heterocycles. The zero-order valence-corrected chi connectivity index (χ0v) is 64.8. The van der Waals surface area contributed by atoms with Gasteiger partial charge in [0.25, 0.3) is 0 Å². The first-order valence-electron chi connectivity index (χ1n) is 34.4. The molecular formula is C81H108Cl4N2O2PRu2-. The van der Waals surface area contributed by atoms with E-state index < -0.39 is 27.0 Å². The second kappa shape index (κ2) is 40.3. The molecule has 0 aromatic heterocycles. The monoisotopic (exact) mass is 1520 g/mol. The van der Waals surface area contributed by atoms with Gasteiger partial charge in [0.15, 0.2) is 0 Å². The molecule has 0 unspecified atom stereocenters. The summed E-state index contributed by atoms with van der Waals surface area (Å²) in [4.78, 5) is 4.81. The molecule has 5 fully saturated rings. The minimum atomic E-state index is -1.88. The van der Waals surface area contributed by atoms with E-state index in [1.54, 1.807) is 96.3 Å². The number of aryl methyl sites for hydroxylation is 6. The SMILES string of the molecule is C1CCC([PH+](C2CCCCC2)C2CCCCC2)CC1.CC(C)Oc1ccccc1[CH]=[Ru]([Cl])[Cl].CC=Cc1ccccc1OC(C)C.Cc1cc(C)c(N2[CH-]CCC2)c(C)c1.Cc1cc(C)c(N2[CH-]CCC2)c(C)c1.[Cl][Ru]([Cl])=[C]1C=C(c2ccccc2)c2ccccc21. The first kappa shape index (κ1) is 76.0. The van der Waals surface area contributed by atoms with Crippen molar-refractivity contribution in [2.45, 2.75) is 227 Å². The number of halogens is 4. The van der Waals surface area contributed by atoms with Crippen LogP contribution in [0.2, 0.25) is 0 Å². The van der Waals surface area contributed by atoms with Gasteiger partial charge >= 0.3 is 218 Å². The summed E-state index contributed by atoms with van der Waals surface area (Å²) in [5.41, 5.74) is 21.9. The van der Waals surface area contributed by atoms with Gasteiger partial charge < -0.3 is 14.5 Å². The van der Waals surface area contributed by atoms with Gasteiger partial charge in [0.1, 0.15) is 5.75 Å². The van der Waals surface area contributed by atoms with Gasteiger partial charge in [-0.05, 0) is 181 Å². The van der Waals surface area contributed by atoms with E-state index in [0.717, 1.165) is 26.7 Å². The van der Waals surface area contributed by atoms with Crippen LogP contribution in [0.1, 0.15) is 218 Å². The van der Waals surface area contributed by atoms with E-state index in [0.29, 0.717) is 0 Å². The van der Waals surface area contributed by atoms with Crippen LogP contribution in [0.3, 0.4) is 0 Å². The molecule has 2 aliphatic heterocycles. The first-order chi connectivity index (χ1) is 44.4. The van der Waals surface area contributed by atoms with Crippen LogP contribution < -0.4 is 19.3 Å². The molecule has 3 saturated carbocycles. The average molecular weight is 1520 g/mol. The van der Waals surface area contributed by atoms with Crippen LogP contribution in [0.25, 0.3) is 11.6 Å². The van der Waals surface area contributed by atoms with E-state index in [1.807, 2.05) is 112 Å². The Morgan fingerprint density at radius 2 is 0.880 bits per heavy atom. The summed E-state index contributed by atoms with van der Waals surface area (Å²) in [7, 11) is 24.0. The first-order valence-corrected chi connectivity index (χ1v) is 46.9. The summed E-state index contributed by atoms with van der Waals surface area (Å²) >= 11 is -3.65. The fourth-order valence-electron chi connectivity index (χ4n) is 14.5. The second-order valence-corrected chi connectivity index (χ2v) is 41.2. The van der Waals surface area contributed by atoms with Crippen LogP contribution in [0.15, 0.2) is 140 Å². The molecule has 6 aliphatic rings. The number of ether oxygens (including phenoxy) is 2. The van der Waals surface area contributed by atoms with Crippen molar-refractivity contribution >= 4 is 78.4 Å². The number of rotatable bonds is 12. The third-order valence-electron chi connectivity index (χ3n) is 18.0. The van der Waals surface area contributed by atoms with Gasteiger partial charge in [-0.2, -0.15) is 12.8 Å². The normalized spacial score (nSPS) is 17.0. The zero-order valence-electron chi connectivity index (χ0n) is 57.3. The van der Waals surface area contributed by atoms with Gasteiger partial charge in [0, 0.05) is 24.9 Å². The van der Waals surface area contributed by atoms with Gasteiger partial charge in [0.2, 0.25) is 0 Å². The zero-order chi connectivity index (χ0) is 65.9. The number of hydrogen-bond acceptors (Lipinski definition) is 4. The Morgan fingerprint density at radius 1 is 0.489 bits per heavy atom. The Labute approximate surface area is 585 Å². The molecule has 0 N–H and O–H groups in total. The van der Waals surface area contributed by atoms with E-state index in [2.05, 4.69) is 137 Å². The summed E-state index contributed by atoms with van der Waals surface area (Å²) in [5, 5.41) is 0. The van der Waals surface area contributed by atoms with Crippen LogP contribution in [0, 0.1) is 54.6 Å². The van der Waals surface area contributed by atoms with Gasteiger partial charge in [-0.3, -0.25) is 0 Å². The molecule has 12 rings (SSSR count). The van der Waals surface area contributed by atoms with Crippen LogP contribution >= 0.6 is 46.7 Å². The molecule has 0 amide bonds. The Hall–Kier alpha value is -3.42. The fourth-order valence-corrected chi connectivity index (χ4v) is 24.0. The molecule has 504 valence electrons. The third-order valence-corrected chi connectivity index (χ3v) is 27.6. The number of fused-ring (bicyclic) bond motifs is 1. The Morgan fingerprint density at radius 3 is 1.27 bits per heavy atom. The van der Waals surface area contributed by atoms with E-state index in [1.165, 1.54) is 123 Å². The molecular weight excluding hydrogens is 1410 g/mol. The quantitative estimate of drug-likeness (QED) is 0.0693. The number of para-hydroxylation sites is 2.